The summed E-state index contributed by atoms with van der Waals surface area (Å²) in [6.45, 7) is 2.12. The van der Waals surface area contributed by atoms with Crippen LogP contribution in [-0.2, 0) is 4.74 Å². The number of alkyl halides is 1. The number of pyridine rings is 1. The standard InChI is InChI=1S/C12H16BrNO/c1-9-5-6-14-8-11(9)12-4-2-3-10(7-13)15-12/h5-6,8,10,12H,2-4,7H2,1H3. The summed E-state index contributed by atoms with van der Waals surface area (Å²) in [4.78, 5) is 4.18. The number of aromatic nitrogens is 1. The fraction of sp³-hybridized carbons (Fsp3) is 0.583. The second-order valence-corrected chi connectivity index (χ2v) is 4.71. The van der Waals surface area contributed by atoms with E-state index in [2.05, 4.69) is 33.9 Å². The van der Waals surface area contributed by atoms with Gasteiger partial charge in [-0.2, -0.15) is 0 Å². The van der Waals surface area contributed by atoms with Crippen molar-refractivity contribution in [2.24, 2.45) is 0 Å². The molecule has 2 nitrogen and oxygen atoms in total. The number of ether oxygens (including phenoxy) is 1. The van der Waals surface area contributed by atoms with Crippen molar-refractivity contribution in [3.05, 3.63) is 29.6 Å². The Hall–Kier alpha value is -0.410. The van der Waals surface area contributed by atoms with Gasteiger partial charge in [-0.1, -0.05) is 15.9 Å². The first-order valence-corrected chi connectivity index (χ1v) is 6.55. The number of nitrogens with zero attached hydrogens (tertiary/aromatic N) is 1. The van der Waals surface area contributed by atoms with Crippen LogP contribution in [0.5, 0.6) is 0 Å². The van der Waals surface area contributed by atoms with E-state index in [1.54, 1.807) is 0 Å². The molecule has 2 unspecified atom stereocenters. The van der Waals surface area contributed by atoms with Crippen molar-refractivity contribution >= 4 is 15.9 Å². The molecule has 0 aliphatic carbocycles. The summed E-state index contributed by atoms with van der Waals surface area (Å²) in [5.41, 5.74) is 2.54. The summed E-state index contributed by atoms with van der Waals surface area (Å²) in [5, 5.41) is 0.933. The second-order valence-electron chi connectivity index (χ2n) is 4.06. The summed E-state index contributed by atoms with van der Waals surface area (Å²) < 4.78 is 6.02. The summed E-state index contributed by atoms with van der Waals surface area (Å²) in [7, 11) is 0. The van der Waals surface area contributed by atoms with Crippen molar-refractivity contribution in [2.75, 3.05) is 5.33 Å². The van der Waals surface area contributed by atoms with E-state index in [9.17, 15) is 0 Å². The van der Waals surface area contributed by atoms with Gasteiger partial charge in [-0.15, -0.1) is 0 Å². The monoisotopic (exact) mass is 269 g/mol. The third-order valence-electron chi connectivity index (χ3n) is 2.95. The first-order valence-electron chi connectivity index (χ1n) is 5.43. The molecule has 1 aromatic rings. The summed E-state index contributed by atoms with van der Waals surface area (Å²) >= 11 is 3.49. The van der Waals surface area contributed by atoms with E-state index in [-0.39, 0.29) is 6.10 Å². The molecule has 1 fully saturated rings. The summed E-state index contributed by atoms with van der Waals surface area (Å²) in [5.74, 6) is 0. The Labute approximate surface area is 99.2 Å². The predicted octanol–water partition coefficient (Wildman–Crippen LogP) is 3.40. The van der Waals surface area contributed by atoms with Crippen LogP contribution in [0.3, 0.4) is 0 Å². The highest BCUT2D eigenvalue weighted by molar-refractivity contribution is 9.09. The number of halogens is 1. The van der Waals surface area contributed by atoms with Gasteiger partial charge in [0, 0.05) is 23.3 Å². The minimum atomic E-state index is 0.245. The highest BCUT2D eigenvalue weighted by Crippen LogP contribution is 2.32. The Morgan fingerprint density at radius 2 is 2.40 bits per heavy atom. The van der Waals surface area contributed by atoms with Crippen LogP contribution < -0.4 is 0 Å². The van der Waals surface area contributed by atoms with Crippen molar-refractivity contribution in [3.8, 4) is 0 Å². The van der Waals surface area contributed by atoms with Crippen molar-refractivity contribution in [3.63, 3.8) is 0 Å². The second kappa shape index (κ2) is 5.08. The number of hydrogen-bond acceptors (Lipinski definition) is 2. The maximum Gasteiger partial charge on any atom is 0.0846 e. The zero-order chi connectivity index (χ0) is 10.7. The molecule has 1 aliphatic heterocycles. The van der Waals surface area contributed by atoms with Gasteiger partial charge < -0.3 is 4.74 Å². The molecule has 0 spiro atoms. The van der Waals surface area contributed by atoms with E-state index in [1.807, 2.05) is 12.4 Å². The minimum absolute atomic E-state index is 0.245. The van der Waals surface area contributed by atoms with Crippen LogP contribution in [0.25, 0.3) is 0 Å². The average molecular weight is 270 g/mol. The van der Waals surface area contributed by atoms with Crippen LogP contribution >= 0.6 is 15.9 Å². The average Bonchev–Trinajstić information content (AvgIpc) is 2.30. The summed E-state index contributed by atoms with van der Waals surface area (Å²) in [6.07, 6.45) is 7.92. The molecule has 0 amide bonds. The van der Waals surface area contributed by atoms with E-state index < -0.39 is 0 Å². The van der Waals surface area contributed by atoms with Gasteiger partial charge in [0.05, 0.1) is 12.2 Å². The summed E-state index contributed by atoms with van der Waals surface area (Å²) in [6, 6.07) is 2.05. The molecule has 0 bridgehead atoms. The lowest BCUT2D eigenvalue weighted by molar-refractivity contribution is -0.0388. The number of aryl methyl sites for hydroxylation is 1. The number of rotatable bonds is 2. The Morgan fingerprint density at radius 3 is 3.13 bits per heavy atom. The highest BCUT2D eigenvalue weighted by Gasteiger charge is 2.23. The molecule has 2 heterocycles. The van der Waals surface area contributed by atoms with Crippen LogP contribution in [0.1, 0.15) is 36.5 Å². The van der Waals surface area contributed by atoms with Gasteiger partial charge in [0.25, 0.3) is 0 Å². The van der Waals surface area contributed by atoms with Gasteiger partial charge >= 0.3 is 0 Å². The quantitative estimate of drug-likeness (QED) is 0.768. The Morgan fingerprint density at radius 1 is 1.53 bits per heavy atom. The van der Waals surface area contributed by atoms with E-state index in [0.717, 1.165) is 11.8 Å². The lowest BCUT2D eigenvalue weighted by Gasteiger charge is -2.29. The fourth-order valence-corrected chi connectivity index (χ4v) is 2.53. The lowest BCUT2D eigenvalue weighted by atomic mass is 9.97. The number of hydrogen-bond donors (Lipinski definition) is 0. The lowest BCUT2D eigenvalue weighted by Crippen LogP contribution is -2.24. The zero-order valence-corrected chi connectivity index (χ0v) is 10.5. The van der Waals surface area contributed by atoms with Crippen molar-refractivity contribution < 1.29 is 4.74 Å². The third kappa shape index (κ3) is 2.58. The minimum Gasteiger partial charge on any atom is -0.369 e. The van der Waals surface area contributed by atoms with Crippen LogP contribution in [0.15, 0.2) is 18.5 Å². The largest absolute Gasteiger partial charge is 0.369 e. The van der Waals surface area contributed by atoms with Crippen LogP contribution in [0, 0.1) is 6.92 Å². The molecule has 1 saturated heterocycles. The molecule has 0 radical (unpaired) electrons. The van der Waals surface area contributed by atoms with Crippen LogP contribution in [0.2, 0.25) is 0 Å². The molecular weight excluding hydrogens is 254 g/mol. The molecule has 0 N–H and O–H groups in total. The Kier molecular flexibility index (Phi) is 3.76. The molecule has 15 heavy (non-hydrogen) atoms. The van der Waals surface area contributed by atoms with Crippen molar-refractivity contribution in [1.82, 2.24) is 4.98 Å². The first kappa shape index (κ1) is 11.1. The molecule has 1 aliphatic rings. The van der Waals surface area contributed by atoms with Crippen LogP contribution in [-0.4, -0.2) is 16.4 Å². The normalized spacial score (nSPS) is 26.5. The molecule has 82 valence electrons. The van der Waals surface area contributed by atoms with E-state index in [0.29, 0.717) is 6.10 Å². The maximum atomic E-state index is 6.02. The van der Waals surface area contributed by atoms with Gasteiger partial charge in [0.15, 0.2) is 0 Å². The third-order valence-corrected chi connectivity index (χ3v) is 3.67. The molecule has 1 aromatic heterocycles. The van der Waals surface area contributed by atoms with Gasteiger partial charge in [-0.05, 0) is 37.8 Å². The molecule has 2 atom stereocenters. The predicted molar refractivity (Wildman–Crippen MR) is 64.2 cm³/mol. The van der Waals surface area contributed by atoms with E-state index in [1.165, 1.54) is 24.0 Å². The molecule has 0 saturated carbocycles. The maximum absolute atomic E-state index is 6.02. The highest BCUT2D eigenvalue weighted by atomic mass is 79.9. The molecular formula is C12H16BrNO. The Bertz CT molecular complexity index is 329. The van der Waals surface area contributed by atoms with Gasteiger partial charge in [-0.25, -0.2) is 0 Å². The van der Waals surface area contributed by atoms with Crippen LogP contribution in [0.4, 0.5) is 0 Å². The van der Waals surface area contributed by atoms with Gasteiger partial charge in [0.2, 0.25) is 0 Å². The Balaban J connectivity index is 2.13. The van der Waals surface area contributed by atoms with Gasteiger partial charge in [0.1, 0.15) is 0 Å². The smallest absolute Gasteiger partial charge is 0.0846 e. The van der Waals surface area contributed by atoms with E-state index in [4.69, 9.17) is 4.74 Å². The van der Waals surface area contributed by atoms with Crippen molar-refractivity contribution in [2.45, 2.75) is 38.4 Å². The first-order chi connectivity index (χ1) is 7.31. The van der Waals surface area contributed by atoms with Gasteiger partial charge in [-0.3, -0.25) is 4.98 Å². The topological polar surface area (TPSA) is 22.1 Å². The SMILES string of the molecule is Cc1ccncc1C1CCCC(CBr)O1. The fourth-order valence-electron chi connectivity index (χ4n) is 2.05. The molecule has 0 aromatic carbocycles. The molecule has 3 heteroatoms. The molecule has 2 rings (SSSR count). The van der Waals surface area contributed by atoms with E-state index >= 15 is 0 Å². The zero-order valence-electron chi connectivity index (χ0n) is 8.95. The van der Waals surface area contributed by atoms with Crippen molar-refractivity contribution in [1.29, 1.82) is 0 Å².